The Labute approximate surface area is 156 Å². The van der Waals surface area contributed by atoms with Crippen LogP contribution in [0.4, 0.5) is 5.69 Å². The molecule has 2 aromatic carbocycles. The quantitative estimate of drug-likeness (QED) is 0.266. The Kier molecular flexibility index (Phi) is 5.40. The molecule has 0 atom stereocenters. The Hall–Kier alpha value is -1.60. The van der Waals surface area contributed by atoms with Gasteiger partial charge in [0, 0.05) is 11.9 Å². The van der Waals surface area contributed by atoms with Crippen LogP contribution in [0.2, 0.25) is 10.0 Å². The molecule has 0 radical (unpaired) electrons. The topological polar surface area (TPSA) is 54.4 Å². The van der Waals surface area contributed by atoms with Crippen LogP contribution in [-0.2, 0) is 4.79 Å². The van der Waals surface area contributed by atoms with E-state index >= 15 is 0 Å². The molecule has 24 heavy (non-hydrogen) atoms. The van der Waals surface area contributed by atoms with Crippen molar-refractivity contribution in [2.45, 2.75) is 11.3 Å². The first-order valence-corrected chi connectivity index (χ1v) is 9.25. The molecule has 1 N–H and O–H groups in total. The minimum absolute atomic E-state index is 0.156. The summed E-state index contributed by atoms with van der Waals surface area (Å²) in [5, 5.41) is 5.44. The van der Waals surface area contributed by atoms with Crippen LogP contribution in [-0.4, -0.2) is 15.8 Å². The first-order valence-electron chi connectivity index (χ1n) is 6.86. The minimum atomic E-state index is -0.156. The number of Topliss-reactive ketones (excluding diaryl/α,β-unsaturated/α-hetero) is 1. The fraction of sp³-hybridized carbons (Fsp3) is 0.0625. The van der Waals surface area contributed by atoms with E-state index in [4.69, 9.17) is 23.2 Å². The fourth-order valence-corrected chi connectivity index (χ4v) is 4.21. The van der Waals surface area contributed by atoms with E-state index in [-0.39, 0.29) is 5.78 Å². The van der Waals surface area contributed by atoms with Crippen LogP contribution >= 0.6 is 46.3 Å². The average molecular weight is 396 g/mol. The van der Waals surface area contributed by atoms with Gasteiger partial charge >= 0.3 is 0 Å². The third kappa shape index (κ3) is 4.08. The highest BCUT2D eigenvalue weighted by atomic mass is 35.5. The van der Waals surface area contributed by atoms with E-state index in [9.17, 15) is 4.79 Å². The third-order valence-corrected chi connectivity index (χ3v) is 5.69. The van der Waals surface area contributed by atoms with E-state index in [1.54, 1.807) is 18.2 Å². The van der Waals surface area contributed by atoms with Crippen LogP contribution in [0.25, 0.3) is 10.2 Å². The molecule has 0 bridgehead atoms. The molecule has 0 amide bonds. The average Bonchev–Trinajstić information content (AvgIpc) is 2.95. The van der Waals surface area contributed by atoms with Crippen molar-refractivity contribution >= 4 is 73.0 Å². The largest absolute Gasteiger partial charge is 0.292 e. The number of anilines is 1. The normalized spacial score (nSPS) is 11.7. The molecule has 0 aliphatic carbocycles. The number of nitrogens with zero attached hydrogens (tertiary/aromatic N) is 2. The van der Waals surface area contributed by atoms with Crippen molar-refractivity contribution in [1.82, 2.24) is 4.98 Å². The SMILES string of the molecule is CC(=O)/C(=N/Nc1ccc(Cl)cc1Cl)Sc1nc2ccccc2s1. The van der Waals surface area contributed by atoms with Gasteiger partial charge in [-0.1, -0.05) is 35.3 Å². The number of para-hydroxylation sites is 1. The number of carbonyl (C=O) groups is 1. The summed E-state index contributed by atoms with van der Waals surface area (Å²) >= 11 is 14.7. The summed E-state index contributed by atoms with van der Waals surface area (Å²) in [5.41, 5.74) is 4.29. The summed E-state index contributed by atoms with van der Waals surface area (Å²) in [4.78, 5) is 16.4. The Morgan fingerprint density at radius 3 is 2.75 bits per heavy atom. The molecule has 0 aliphatic rings. The first kappa shape index (κ1) is 17.2. The van der Waals surface area contributed by atoms with E-state index in [1.165, 1.54) is 30.0 Å². The molecular formula is C16H11Cl2N3OS2. The summed E-state index contributed by atoms with van der Waals surface area (Å²) in [6.45, 7) is 1.46. The van der Waals surface area contributed by atoms with Crippen molar-refractivity contribution in [2.24, 2.45) is 5.10 Å². The molecule has 0 spiro atoms. The molecular weight excluding hydrogens is 385 g/mol. The van der Waals surface area contributed by atoms with Crippen molar-refractivity contribution in [3.63, 3.8) is 0 Å². The van der Waals surface area contributed by atoms with Gasteiger partial charge in [0.15, 0.2) is 15.2 Å². The molecule has 0 saturated carbocycles. The fourth-order valence-electron chi connectivity index (χ4n) is 1.84. The van der Waals surface area contributed by atoms with Crippen LogP contribution in [0.1, 0.15) is 6.92 Å². The molecule has 3 rings (SSSR count). The van der Waals surface area contributed by atoms with Gasteiger partial charge in [0.1, 0.15) is 0 Å². The molecule has 3 aromatic rings. The summed E-state index contributed by atoms with van der Waals surface area (Å²) in [6.07, 6.45) is 0. The van der Waals surface area contributed by atoms with Gasteiger partial charge < -0.3 is 0 Å². The summed E-state index contributed by atoms with van der Waals surface area (Å²) in [6, 6.07) is 12.8. The maximum Gasteiger partial charge on any atom is 0.186 e. The number of hydrazone groups is 1. The summed E-state index contributed by atoms with van der Waals surface area (Å²) in [5.74, 6) is -0.156. The number of carbonyl (C=O) groups excluding carboxylic acids is 1. The van der Waals surface area contributed by atoms with Crippen molar-refractivity contribution in [2.75, 3.05) is 5.43 Å². The number of hydrogen-bond donors (Lipinski definition) is 1. The monoisotopic (exact) mass is 395 g/mol. The molecule has 0 unspecified atom stereocenters. The lowest BCUT2D eigenvalue weighted by Gasteiger charge is -2.05. The molecule has 0 aliphatic heterocycles. The molecule has 122 valence electrons. The first-order chi connectivity index (χ1) is 11.5. The van der Waals surface area contributed by atoms with Crippen LogP contribution in [0.3, 0.4) is 0 Å². The minimum Gasteiger partial charge on any atom is -0.292 e. The lowest BCUT2D eigenvalue weighted by molar-refractivity contribution is -0.110. The molecule has 8 heteroatoms. The second-order valence-electron chi connectivity index (χ2n) is 4.76. The predicted octanol–water partition coefficient (Wildman–Crippen LogP) is 5.71. The van der Waals surface area contributed by atoms with Gasteiger partial charge in [-0.25, -0.2) is 4.98 Å². The Morgan fingerprint density at radius 2 is 2.04 bits per heavy atom. The number of thioether (sulfide) groups is 1. The van der Waals surface area contributed by atoms with E-state index in [2.05, 4.69) is 15.5 Å². The molecule has 1 heterocycles. The number of rotatable bonds is 4. The zero-order valence-electron chi connectivity index (χ0n) is 12.4. The van der Waals surface area contributed by atoms with Crippen molar-refractivity contribution in [3.8, 4) is 0 Å². The van der Waals surface area contributed by atoms with Crippen LogP contribution in [0.15, 0.2) is 51.9 Å². The number of benzene rings is 2. The lowest BCUT2D eigenvalue weighted by atomic mass is 10.3. The highest BCUT2D eigenvalue weighted by Crippen LogP contribution is 2.31. The summed E-state index contributed by atoms with van der Waals surface area (Å²) < 4.78 is 1.82. The zero-order valence-corrected chi connectivity index (χ0v) is 15.6. The van der Waals surface area contributed by atoms with E-state index in [1.807, 2.05) is 24.3 Å². The smallest absolute Gasteiger partial charge is 0.186 e. The van der Waals surface area contributed by atoms with Crippen molar-refractivity contribution < 1.29 is 4.79 Å². The van der Waals surface area contributed by atoms with E-state index in [0.29, 0.717) is 20.8 Å². The number of halogens is 2. The number of nitrogens with one attached hydrogen (secondary N) is 1. The zero-order chi connectivity index (χ0) is 17.1. The molecule has 1 aromatic heterocycles. The van der Waals surface area contributed by atoms with Crippen molar-refractivity contribution in [1.29, 1.82) is 0 Å². The second-order valence-corrected chi connectivity index (χ2v) is 7.87. The van der Waals surface area contributed by atoms with Gasteiger partial charge in [-0.2, -0.15) is 5.10 Å². The predicted molar refractivity (Wildman–Crippen MR) is 104 cm³/mol. The molecule has 4 nitrogen and oxygen atoms in total. The Morgan fingerprint density at radius 1 is 1.25 bits per heavy atom. The number of thiazole rings is 1. The van der Waals surface area contributed by atoms with Crippen LogP contribution < -0.4 is 5.43 Å². The Bertz CT molecular complexity index is 907. The maximum absolute atomic E-state index is 11.9. The molecule has 0 fully saturated rings. The number of fused-ring (bicyclic) bond motifs is 1. The number of aromatic nitrogens is 1. The lowest BCUT2D eigenvalue weighted by Crippen LogP contribution is -2.08. The van der Waals surface area contributed by atoms with Gasteiger partial charge in [0.25, 0.3) is 0 Å². The van der Waals surface area contributed by atoms with Gasteiger partial charge in [-0.05, 0) is 42.1 Å². The molecule has 0 saturated heterocycles. The van der Waals surface area contributed by atoms with Crippen LogP contribution in [0.5, 0.6) is 0 Å². The van der Waals surface area contributed by atoms with E-state index in [0.717, 1.165) is 14.6 Å². The standard InChI is InChI=1S/C16H11Cl2N3OS2/c1-9(22)15(21-20-12-7-6-10(17)8-11(12)18)24-16-19-13-4-2-3-5-14(13)23-16/h2-8,20H,1H3/b21-15-. The number of hydrogen-bond acceptors (Lipinski definition) is 6. The van der Waals surface area contributed by atoms with Crippen molar-refractivity contribution in [3.05, 3.63) is 52.5 Å². The summed E-state index contributed by atoms with van der Waals surface area (Å²) in [7, 11) is 0. The van der Waals surface area contributed by atoms with Crippen LogP contribution in [0, 0.1) is 0 Å². The third-order valence-electron chi connectivity index (χ3n) is 2.97. The van der Waals surface area contributed by atoms with E-state index < -0.39 is 0 Å². The van der Waals surface area contributed by atoms with Gasteiger partial charge in [0.2, 0.25) is 0 Å². The van der Waals surface area contributed by atoms with Gasteiger partial charge in [-0.15, -0.1) is 11.3 Å². The second kappa shape index (κ2) is 7.53. The van der Waals surface area contributed by atoms with Gasteiger partial charge in [0.05, 0.1) is 20.9 Å². The highest BCUT2D eigenvalue weighted by molar-refractivity contribution is 8.17. The Balaban J connectivity index is 1.82. The maximum atomic E-state index is 11.9. The number of ketones is 1. The highest BCUT2D eigenvalue weighted by Gasteiger charge is 2.13. The van der Waals surface area contributed by atoms with Gasteiger partial charge in [-0.3, -0.25) is 10.2 Å².